The Bertz CT molecular complexity index is 488. The molecule has 0 spiro atoms. The monoisotopic (exact) mass is 265 g/mol. The molecule has 1 aromatic heterocycles. The van der Waals surface area contributed by atoms with E-state index in [0.717, 1.165) is 22.7 Å². The van der Waals surface area contributed by atoms with E-state index in [1.807, 2.05) is 24.3 Å². The first-order valence-corrected chi connectivity index (χ1v) is 5.49. The van der Waals surface area contributed by atoms with Gasteiger partial charge < -0.3 is 10.5 Å². The number of nitrogens with two attached hydrogens (primary N) is 1. The van der Waals surface area contributed by atoms with Crippen molar-refractivity contribution >= 4 is 12.4 Å². The van der Waals surface area contributed by atoms with E-state index in [2.05, 4.69) is 9.97 Å². The predicted octanol–water partition coefficient (Wildman–Crippen LogP) is 2.08. The van der Waals surface area contributed by atoms with Crippen LogP contribution in [0.25, 0.3) is 11.1 Å². The summed E-state index contributed by atoms with van der Waals surface area (Å²) in [5, 5.41) is 0. The highest BCUT2D eigenvalue weighted by molar-refractivity contribution is 5.85. The molecule has 18 heavy (non-hydrogen) atoms. The first-order valence-electron chi connectivity index (χ1n) is 5.49. The Balaban J connectivity index is 0.00000162. The van der Waals surface area contributed by atoms with Crippen LogP contribution in [0.4, 0.5) is 0 Å². The fourth-order valence-electron chi connectivity index (χ4n) is 1.64. The van der Waals surface area contributed by atoms with Gasteiger partial charge in [-0.3, -0.25) is 0 Å². The highest BCUT2D eigenvalue weighted by Crippen LogP contribution is 2.28. The lowest BCUT2D eigenvalue weighted by Gasteiger charge is -2.07. The van der Waals surface area contributed by atoms with E-state index < -0.39 is 0 Å². The number of para-hydroxylation sites is 1. The average Bonchev–Trinajstić information content (AvgIpc) is 2.40. The van der Waals surface area contributed by atoms with Crippen LogP contribution < -0.4 is 10.5 Å². The van der Waals surface area contributed by atoms with E-state index in [-0.39, 0.29) is 12.4 Å². The summed E-state index contributed by atoms with van der Waals surface area (Å²) in [5.41, 5.74) is 7.40. The standard InChI is InChI=1S/C13H15N3O.ClH/c1-17-12-5-3-2-4-11(12)10-8-15-13(6-7-14)16-9-10;/h2-5,8-9H,6-7,14H2,1H3;1H. The lowest BCUT2D eigenvalue weighted by atomic mass is 10.1. The van der Waals surface area contributed by atoms with Crippen molar-refractivity contribution in [2.24, 2.45) is 5.73 Å². The van der Waals surface area contributed by atoms with Crippen LogP contribution in [0, 0.1) is 0 Å². The third kappa shape index (κ3) is 3.18. The molecule has 0 bridgehead atoms. The molecule has 2 rings (SSSR count). The van der Waals surface area contributed by atoms with Crippen LogP contribution in [0.15, 0.2) is 36.7 Å². The van der Waals surface area contributed by atoms with E-state index in [1.54, 1.807) is 19.5 Å². The predicted molar refractivity (Wildman–Crippen MR) is 74.0 cm³/mol. The Labute approximate surface area is 113 Å². The van der Waals surface area contributed by atoms with Gasteiger partial charge >= 0.3 is 0 Å². The molecule has 1 heterocycles. The second-order valence-electron chi connectivity index (χ2n) is 3.63. The summed E-state index contributed by atoms with van der Waals surface area (Å²) < 4.78 is 5.30. The van der Waals surface area contributed by atoms with Gasteiger partial charge in [-0.1, -0.05) is 18.2 Å². The molecule has 0 aliphatic rings. The largest absolute Gasteiger partial charge is 0.496 e. The number of halogens is 1. The van der Waals surface area contributed by atoms with E-state index >= 15 is 0 Å². The Hall–Kier alpha value is -1.65. The minimum Gasteiger partial charge on any atom is -0.496 e. The molecule has 5 heteroatoms. The van der Waals surface area contributed by atoms with Crippen molar-refractivity contribution in [2.45, 2.75) is 6.42 Å². The molecular formula is C13H16ClN3O. The molecule has 0 atom stereocenters. The highest BCUT2D eigenvalue weighted by Gasteiger charge is 2.05. The van der Waals surface area contributed by atoms with Crippen molar-refractivity contribution < 1.29 is 4.74 Å². The van der Waals surface area contributed by atoms with Gasteiger partial charge in [-0.15, -0.1) is 12.4 Å². The SMILES string of the molecule is COc1ccccc1-c1cnc(CCN)nc1.Cl. The van der Waals surface area contributed by atoms with Gasteiger partial charge in [0.25, 0.3) is 0 Å². The Morgan fingerprint density at radius 3 is 2.44 bits per heavy atom. The first-order chi connectivity index (χ1) is 8.35. The molecule has 0 aliphatic heterocycles. The number of aromatic nitrogens is 2. The van der Waals surface area contributed by atoms with Gasteiger partial charge in [0, 0.05) is 29.9 Å². The van der Waals surface area contributed by atoms with Gasteiger partial charge in [0.05, 0.1) is 7.11 Å². The zero-order chi connectivity index (χ0) is 12.1. The molecule has 4 nitrogen and oxygen atoms in total. The van der Waals surface area contributed by atoms with Crippen molar-refractivity contribution in [3.8, 4) is 16.9 Å². The van der Waals surface area contributed by atoms with Crippen molar-refractivity contribution in [3.05, 3.63) is 42.5 Å². The van der Waals surface area contributed by atoms with Crippen molar-refractivity contribution in [1.29, 1.82) is 0 Å². The van der Waals surface area contributed by atoms with Gasteiger partial charge in [-0.2, -0.15) is 0 Å². The number of hydrogen-bond donors (Lipinski definition) is 1. The number of benzene rings is 1. The number of methoxy groups -OCH3 is 1. The Morgan fingerprint density at radius 2 is 1.83 bits per heavy atom. The van der Waals surface area contributed by atoms with Gasteiger partial charge in [0.2, 0.25) is 0 Å². The quantitative estimate of drug-likeness (QED) is 0.919. The molecule has 0 saturated carbocycles. The van der Waals surface area contributed by atoms with Gasteiger partial charge in [0.15, 0.2) is 0 Å². The fraction of sp³-hybridized carbons (Fsp3) is 0.231. The van der Waals surface area contributed by atoms with Crippen LogP contribution in [0.5, 0.6) is 5.75 Å². The van der Waals surface area contributed by atoms with Crippen LogP contribution in [0.1, 0.15) is 5.82 Å². The van der Waals surface area contributed by atoms with Gasteiger partial charge in [0.1, 0.15) is 11.6 Å². The summed E-state index contributed by atoms with van der Waals surface area (Å²) >= 11 is 0. The fourth-order valence-corrected chi connectivity index (χ4v) is 1.64. The highest BCUT2D eigenvalue weighted by atomic mass is 35.5. The van der Waals surface area contributed by atoms with Crippen LogP contribution >= 0.6 is 12.4 Å². The van der Waals surface area contributed by atoms with Crippen LogP contribution in [0.3, 0.4) is 0 Å². The number of nitrogens with zero attached hydrogens (tertiary/aromatic N) is 2. The maximum atomic E-state index is 5.46. The zero-order valence-corrected chi connectivity index (χ0v) is 11.0. The second-order valence-corrected chi connectivity index (χ2v) is 3.63. The number of rotatable bonds is 4. The van der Waals surface area contributed by atoms with Crippen molar-refractivity contribution in [1.82, 2.24) is 9.97 Å². The number of hydrogen-bond acceptors (Lipinski definition) is 4. The van der Waals surface area contributed by atoms with Crippen molar-refractivity contribution in [2.75, 3.05) is 13.7 Å². The molecular weight excluding hydrogens is 250 g/mol. The lowest BCUT2D eigenvalue weighted by Crippen LogP contribution is -2.06. The third-order valence-corrected chi connectivity index (χ3v) is 2.49. The number of ether oxygens (including phenoxy) is 1. The Morgan fingerprint density at radius 1 is 1.17 bits per heavy atom. The minimum atomic E-state index is 0. The summed E-state index contributed by atoms with van der Waals surface area (Å²) in [5.74, 6) is 1.59. The summed E-state index contributed by atoms with van der Waals surface area (Å²) in [4.78, 5) is 8.55. The molecule has 1 aromatic carbocycles. The minimum absolute atomic E-state index is 0. The van der Waals surface area contributed by atoms with E-state index in [9.17, 15) is 0 Å². The van der Waals surface area contributed by atoms with E-state index in [4.69, 9.17) is 10.5 Å². The molecule has 96 valence electrons. The molecule has 2 N–H and O–H groups in total. The molecule has 2 aromatic rings. The molecule has 0 radical (unpaired) electrons. The Kier molecular flexibility index (Phi) is 5.55. The molecule has 0 aliphatic carbocycles. The molecule has 0 amide bonds. The summed E-state index contributed by atoms with van der Waals surface area (Å²) in [6.45, 7) is 0.563. The lowest BCUT2D eigenvalue weighted by molar-refractivity contribution is 0.416. The second kappa shape index (κ2) is 6.93. The van der Waals surface area contributed by atoms with E-state index in [1.165, 1.54) is 0 Å². The molecule has 0 fully saturated rings. The topological polar surface area (TPSA) is 61.0 Å². The average molecular weight is 266 g/mol. The maximum absolute atomic E-state index is 5.46. The van der Waals surface area contributed by atoms with Crippen LogP contribution in [0.2, 0.25) is 0 Å². The van der Waals surface area contributed by atoms with Crippen LogP contribution in [-0.4, -0.2) is 23.6 Å². The zero-order valence-electron chi connectivity index (χ0n) is 10.2. The van der Waals surface area contributed by atoms with Crippen LogP contribution in [-0.2, 0) is 6.42 Å². The van der Waals surface area contributed by atoms with Gasteiger partial charge in [-0.25, -0.2) is 9.97 Å². The smallest absolute Gasteiger partial charge is 0.129 e. The van der Waals surface area contributed by atoms with Gasteiger partial charge in [-0.05, 0) is 12.6 Å². The summed E-state index contributed by atoms with van der Waals surface area (Å²) in [6, 6.07) is 7.81. The summed E-state index contributed by atoms with van der Waals surface area (Å²) in [7, 11) is 1.66. The molecule has 0 saturated heterocycles. The molecule has 0 unspecified atom stereocenters. The first kappa shape index (κ1) is 14.4. The normalized spacial score (nSPS) is 9.67. The third-order valence-electron chi connectivity index (χ3n) is 2.49. The maximum Gasteiger partial charge on any atom is 0.129 e. The van der Waals surface area contributed by atoms with Crippen molar-refractivity contribution in [3.63, 3.8) is 0 Å². The summed E-state index contributed by atoms with van der Waals surface area (Å²) in [6.07, 6.45) is 4.30. The van der Waals surface area contributed by atoms with E-state index in [0.29, 0.717) is 13.0 Å².